The second-order valence-corrected chi connectivity index (χ2v) is 7.56. The maximum Gasteiger partial charge on any atom is 0.138 e. The SMILES string of the molecule is CC(N)Cc1cc(C23CC4CC(CC(C4)C2)C3)no1. The fourth-order valence-electron chi connectivity index (χ4n) is 5.40. The molecule has 5 rings (SSSR count). The molecule has 1 aromatic heterocycles. The van der Waals surface area contributed by atoms with Gasteiger partial charge in [0, 0.05) is 23.9 Å². The van der Waals surface area contributed by atoms with Crippen LogP contribution in [0.15, 0.2) is 10.6 Å². The van der Waals surface area contributed by atoms with Crippen LogP contribution in [0.1, 0.15) is 56.9 Å². The summed E-state index contributed by atoms with van der Waals surface area (Å²) in [4.78, 5) is 0. The zero-order valence-corrected chi connectivity index (χ0v) is 11.8. The van der Waals surface area contributed by atoms with E-state index in [0.717, 1.165) is 29.9 Å². The van der Waals surface area contributed by atoms with Crippen LogP contribution in [0.25, 0.3) is 0 Å². The third-order valence-corrected chi connectivity index (χ3v) is 5.66. The van der Waals surface area contributed by atoms with Crippen molar-refractivity contribution in [2.24, 2.45) is 23.5 Å². The highest BCUT2D eigenvalue weighted by atomic mass is 16.5. The van der Waals surface area contributed by atoms with Crippen LogP contribution in [-0.4, -0.2) is 11.2 Å². The maximum absolute atomic E-state index is 5.85. The van der Waals surface area contributed by atoms with Gasteiger partial charge in [-0.15, -0.1) is 0 Å². The summed E-state index contributed by atoms with van der Waals surface area (Å²) in [5.74, 6) is 3.85. The Morgan fingerprint density at radius 3 is 2.37 bits per heavy atom. The molecule has 1 heterocycles. The van der Waals surface area contributed by atoms with E-state index in [0.29, 0.717) is 5.41 Å². The Kier molecular flexibility index (Phi) is 2.57. The van der Waals surface area contributed by atoms with Gasteiger partial charge < -0.3 is 10.3 Å². The standard InChI is InChI=1S/C16H24N2O/c1-10(17)2-14-6-15(18-19-14)16-7-11-3-12(8-16)5-13(4-11)9-16/h6,10-13H,2-5,7-9,17H2,1H3. The number of aromatic nitrogens is 1. The van der Waals surface area contributed by atoms with Crippen LogP contribution in [0.4, 0.5) is 0 Å². The van der Waals surface area contributed by atoms with Crippen LogP contribution in [-0.2, 0) is 11.8 Å². The molecule has 0 saturated heterocycles. The Morgan fingerprint density at radius 1 is 1.26 bits per heavy atom. The maximum atomic E-state index is 5.85. The van der Waals surface area contributed by atoms with Gasteiger partial charge in [0.1, 0.15) is 5.76 Å². The third kappa shape index (κ3) is 1.94. The van der Waals surface area contributed by atoms with E-state index < -0.39 is 0 Å². The van der Waals surface area contributed by atoms with E-state index in [1.165, 1.54) is 44.2 Å². The molecule has 4 fully saturated rings. The zero-order valence-electron chi connectivity index (χ0n) is 11.8. The molecular weight excluding hydrogens is 236 g/mol. The lowest BCUT2D eigenvalue weighted by atomic mass is 9.49. The number of nitrogens with two attached hydrogens (primary N) is 1. The average molecular weight is 260 g/mol. The quantitative estimate of drug-likeness (QED) is 0.908. The molecule has 0 aromatic carbocycles. The highest BCUT2D eigenvalue weighted by Crippen LogP contribution is 2.60. The van der Waals surface area contributed by atoms with E-state index >= 15 is 0 Å². The summed E-state index contributed by atoms with van der Waals surface area (Å²) >= 11 is 0. The van der Waals surface area contributed by atoms with Gasteiger partial charge in [-0.2, -0.15) is 0 Å². The van der Waals surface area contributed by atoms with Crippen LogP contribution in [0.2, 0.25) is 0 Å². The van der Waals surface area contributed by atoms with Crippen molar-refractivity contribution in [3.05, 3.63) is 17.5 Å². The molecule has 1 atom stereocenters. The smallest absolute Gasteiger partial charge is 0.138 e. The molecule has 0 radical (unpaired) electrons. The van der Waals surface area contributed by atoms with Crippen molar-refractivity contribution >= 4 is 0 Å². The van der Waals surface area contributed by atoms with Crippen molar-refractivity contribution in [2.75, 3.05) is 0 Å². The van der Waals surface area contributed by atoms with Crippen molar-refractivity contribution in [1.29, 1.82) is 0 Å². The minimum absolute atomic E-state index is 0.150. The summed E-state index contributed by atoms with van der Waals surface area (Å²) < 4.78 is 5.53. The molecule has 4 bridgehead atoms. The van der Waals surface area contributed by atoms with Crippen molar-refractivity contribution < 1.29 is 4.52 Å². The Balaban J connectivity index is 1.62. The first-order valence-corrected chi connectivity index (χ1v) is 7.85. The van der Waals surface area contributed by atoms with E-state index in [-0.39, 0.29) is 6.04 Å². The Morgan fingerprint density at radius 2 is 1.84 bits per heavy atom. The number of hydrogen-bond acceptors (Lipinski definition) is 3. The second-order valence-electron chi connectivity index (χ2n) is 7.56. The summed E-state index contributed by atoms with van der Waals surface area (Å²) in [6.07, 6.45) is 9.28. The van der Waals surface area contributed by atoms with Gasteiger partial charge in [0.25, 0.3) is 0 Å². The number of rotatable bonds is 3. The normalized spacial score (nSPS) is 41.7. The van der Waals surface area contributed by atoms with Crippen LogP contribution in [0.3, 0.4) is 0 Å². The lowest BCUT2D eigenvalue weighted by molar-refractivity contribution is -0.00847. The molecule has 4 aliphatic rings. The molecule has 0 amide bonds. The van der Waals surface area contributed by atoms with Crippen LogP contribution < -0.4 is 5.73 Å². The minimum Gasteiger partial charge on any atom is -0.361 e. The Labute approximate surface area is 114 Å². The second kappa shape index (κ2) is 4.08. The molecule has 2 N–H and O–H groups in total. The van der Waals surface area contributed by atoms with Gasteiger partial charge in [0.15, 0.2) is 0 Å². The van der Waals surface area contributed by atoms with Crippen molar-refractivity contribution in [2.45, 2.75) is 63.3 Å². The van der Waals surface area contributed by atoms with E-state index in [4.69, 9.17) is 10.3 Å². The molecule has 19 heavy (non-hydrogen) atoms. The third-order valence-electron chi connectivity index (χ3n) is 5.66. The molecule has 104 valence electrons. The lowest BCUT2D eigenvalue weighted by Gasteiger charge is -2.56. The van der Waals surface area contributed by atoms with Gasteiger partial charge in [-0.25, -0.2) is 0 Å². The van der Waals surface area contributed by atoms with E-state index in [2.05, 4.69) is 11.2 Å². The first-order chi connectivity index (χ1) is 9.13. The van der Waals surface area contributed by atoms with Crippen LogP contribution in [0, 0.1) is 17.8 Å². The van der Waals surface area contributed by atoms with Crippen molar-refractivity contribution in [3.63, 3.8) is 0 Å². The summed E-state index contributed by atoms with van der Waals surface area (Å²) in [7, 11) is 0. The summed E-state index contributed by atoms with van der Waals surface area (Å²) in [6, 6.07) is 2.36. The predicted molar refractivity (Wildman–Crippen MR) is 73.7 cm³/mol. The Bertz CT molecular complexity index is 442. The highest BCUT2D eigenvalue weighted by Gasteiger charge is 2.52. The van der Waals surface area contributed by atoms with Crippen LogP contribution in [0.5, 0.6) is 0 Å². The molecule has 0 aliphatic heterocycles. The van der Waals surface area contributed by atoms with E-state index in [1.54, 1.807) is 0 Å². The van der Waals surface area contributed by atoms with Crippen LogP contribution >= 0.6 is 0 Å². The fourth-order valence-corrected chi connectivity index (χ4v) is 5.40. The minimum atomic E-state index is 0.150. The molecule has 0 spiro atoms. The first-order valence-electron chi connectivity index (χ1n) is 7.85. The summed E-state index contributed by atoms with van der Waals surface area (Å²) in [5.41, 5.74) is 7.45. The zero-order chi connectivity index (χ0) is 13.0. The monoisotopic (exact) mass is 260 g/mol. The predicted octanol–water partition coefficient (Wildman–Crippen LogP) is 3.03. The molecule has 3 heteroatoms. The topological polar surface area (TPSA) is 52.0 Å². The molecule has 3 nitrogen and oxygen atoms in total. The summed E-state index contributed by atoms with van der Waals surface area (Å²) in [5, 5.41) is 4.43. The van der Waals surface area contributed by atoms with Gasteiger partial charge in [-0.3, -0.25) is 0 Å². The number of nitrogens with zero attached hydrogens (tertiary/aromatic N) is 1. The number of hydrogen-bond donors (Lipinski definition) is 1. The largest absolute Gasteiger partial charge is 0.361 e. The summed E-state index contributed by atoms with van der Waals surface area (Å²) in [6.45, 7) is 2.02. The van der Waals surface area contributed by atoms with Gasteiger partial charge in [-0.1, -0.05) is 5.16 Å². The van der Waals surface area contributed by atoms with Gasteiger partial charge in [0.05, 0.1) is 5.69 Å². The van der Waals surface area contributed by atoms with E-state index in [9.17, 15) is 0 Å². The molecule has 4 saturated carbocycles. The molecule has 1 unspecified atom stereocenters. The molecule has 4 aliphatic carbocycles. The van der Waals surface area contributed by atoms with Gasteiger partial charge >= 0.3 is 0 Å². The molecular formula is C16H24N2O. The average Bonchev–Trinajstić information content (AvgIpc) is 2.75. The lowest BCUT2D eigenvalue weighted by Crippen LogP contribution is -2.48. The Hall–Kier alpha value is -0.830. The molecule has 1 aromatic rings. The van der Waals surface area contributed by atoms with Crippen molar-refractivity contribution in [1.82, 2.24) is 5.16 Å². The van der Waals surface area contributed by atoms with Gasteiger partial charge in [-0.05, 0) is 63.2 Å². The van der Waals surface area contributed by atoms with Gasteiger partial charge in [0.2, 0.25) is 0 Å². The first kappa shape index (κ1) is 12.0. The fraction of sp³-hybridized carbons (Fsp3) is 0.812. The van der Waals surface area contributed by atoms with E-state index in [1.807, 2.05) is 6.92 Å². The highest BCUT2D eigenvalue weighted by molar-refractivity contribution is 5.23. The van der Waals surface area contributed by atoms with Crippen molar-refractivity contribution in [3.8, 4) is 0 Å².